The van der Waals surface area contributed by atoms with Gasteiger partial charge in [0.1, 0.15) is 17.7 Å². The molecule has 1 aromatic carbocycles. The van der Waals surface area contributed by atoms with E-state index in [4.69, 9.17) is 4.74 Å². The lowest BCUT2D eigenvalue weighted by atomic mass is 9.92. The van der Waals surface area contributed by atoms with Gasteiger partial charge >= 0.3 is 6.09 Å². The summed E-state index contributed by atoms with van der Waals surface area (Å²) in [5.74, 6) is -0.812. The van der Waals surface area contributed by atoms with Crippen LogP contribution in [0.4, 0.5) is 4.79 Å². The van der Waals surface area contributed by atoms with Crippen LogP contribution in [-0.4, -0.2) is 47.0 Å². The molecule has 0 fully saturated rings. The summed E-state index contributed by atoms with van der Waals surface area (Å²) in [4.78, 5) is 41.6. The highest BCUT2D eigenvalue weighted by Crippen LogP contribution is 2.29. The number of benzene rings is 1. The Morgan fingerprint density at radius 2 is 1.65 bits per heavy atom. The third-order valence-corrected chi connectivity index (χ3v) is 5.57. The van der Waals surface area contributed by atoms with Crippen molar-refractivity contribution in [2.24, 2.45) is 5.92 Å². The van der Waals surface area contributed by atoms with Crippen LogP contribution < -0.4 is 10.6 Å². The van der Waals surface area contributed by atoms with Crippen molar-refractivity contribution in [2.75, 3.05) is 6.54 Å². The molecule has 0 heterocycles. The molecule has 34 heavy (non-hydrogen) atoms. The molecular weight excluding hydrogens is 430 g/mol. The fraction of sp³-hybridized carbons (Fsp3) is 0.593. The molecule has 3 unspecified atom stereocenters. The Kier molecular flexibility index (Phi) is 10.8. The van der Waals surface area contributed by atoms with Crippen molar-refractivity contribution in [2.45, 2.75) is 92.5 Å². The minimum Gasteiger partial charge on any atom is -0.444 e. The highest BCUT2D eigenvalue weighted by molar-refractivity contribution is 5.93. The maximum Gasteiger partial charge on any atom is 0.408 e. The van der Waals surface area contributed by atoms with E-state index in [0.717, 1.165) is 16.7 Å². The van der Waals surface area contributed by atoms with Crippen LogP contribution in [-0.2, 0) is 14.3 Å². The van der Waals surface area contributed by atoms with Gasteiger partial charge in [-0.1, -0.05) is 44.5 Å². The lowest BCUT2D eigenvalue weighted by molar-refractivity contribution is -0.143. The summed E-state index contributed by atoms with van der Waals surface area (Å²) in [6.07, 6.45) is 1.59. The van der Waals surface area contributed by atoms with Crippen LogP contribution in [0.15, 0.2) is 30.9 Å². The minimum absolute atomic E-state index is 0.106. The van der Waals surface area contributed by atoms with Gasteiger partial charge < -0.3 is 20.3 Å². The zero-order chi connectivity index (χ0) is 26.2. The zero-order valence-corrected chi connectivity index (χ0v) is 22.3. The molecule has 7 heteroatoms. The van der Waals surface area contributed by atoms with Gasteiger partial charge in [-0.05, 0) is 71.1 Å². The standard InChI is InChI=1S/C27H43N3O4/c1-11-16-30(25(32)22(18(5)12-2)29-26(33)34-27(8,9)10)23(24(31)28-17(3)4)21-19(6)14-13-15-20(21)7/h11,13-15,17-18,22-23H,1,12,16H2,2-10H3,(H,28,31)(H,29,33). The van der Waals surface area contributed by atoms with Crippen LogP contribution in [0, 0.1) is 19.8 Å². The number of nitrogens with one attached hydrogen (secondary N) is 2. The Labute approximate surface area is 205 Å². The molecular formula is C27H43N3O4. The van der Waals surface area contributed by atoms with E-state index in [9.17, 15) is 14.4 Å². The number of alkyl carbamates (subject to hydrolysis) is 1. The fourth-order valence-electron chi connectivity index (χ4n) is 3.81. The Balaban J connectivity index is 3.56. The highest BCUT2D eigenvalue weighted by atomic mass is 16.6. The Bertz CT molecular complexity index is 853. The summed E-state index contributed by atoms with van der Waals surface area (Å²) in [5, 5.41) is 5.72. The average Bonchev–Trinajstić information content (AvgIpc) is 2.70. The molecule has 0 aliphatic carbocycles. The fourth-order valence-corrected chi connectivity index (χ4v) is 3.81. The highest BCUT2D eigenvalue weighted by Gasteiger charge is 2.38. The van der Waals surface area contributed by atoms with E-state index in [0.29, 0.717) is 6.42 Å². The van der Waals surface area contributed by atoms with Crippen molar-refractivity contribution in [1.82, 2.24) is 15.5 Å². The number of hydrogen-bond acceptors (Lipinski definition) is 4. The van der Waals surface area contributed by atoms with Crippen molar-refractivity contribution < 1.29 is 19.1 Å². The van der Waals surface area contributed by atoms with Gasteiger partial charge in [0.2, 0.25) is 11.8 Å². The summed E-state index contributed by atoms with van der Waals surface area (Å²) in [6, 6.07) is 3.95. The lowest BCUT2D eigenvalue weighted by Crippen LogP contribution is -2.55. The molecule has 1 aromatic rings. The average molecular weight is 474 g/mol. The van der Waals surface area contributed by atoms with Crippen molar-refractivity contribution in [3.05, 3.63) is 47.5 Å². The van der Waals surface area contributed by atoms with Gasteiger partial charge in [-0.3, -0.25) is 9.59 Å². The molecule has 7 nitrogen and oxygen atoms in total. The molecule has 0 saturated carbocycles. The summed E-state index contributed by atoms with van der Waals surface area (Å²) >= 11 is 0. The second-order valence-corrected chi connectivity index (χ2v) is 10.2. The predicted molar refractivity (Wildman–Crippen MR) is 136 cm³/mol. The van der Waals surface area contributed by atoms with Gasteiger partial charge in [-0.15, -0.1) is 6.58 Å². The first-order valence-electron chi connectivity index (χ1n) is 12.0. The molecule has 0 spiro atoms. The van der Waals surface area contributed by atoms with Gasteiger partial charge in [0.15, 0.2) is 0 Å². The van der Waals surface area contributed by atoms with Gasteiger partial charge in [0, 0.05) is 12.6 Å². The molecule has 3 amide bonds. The van der Waals surface area contributed by atoms with E-state index in [1.54, 1.807) is 26.8 Å². The normalized spacial score (nSPS) is 14.1. The number of rotatable bonds is 10. The molecule has 0 radical (unpaired) electrons. The van der Waals surface area contributed by atoms with E-state index in [-0.39, 0.29) is 30.3 Å². The second kappa shape index (κ2) is 12.6. The minimum atomic E-state index is -0.874. The van der Waals surface area contributed by atoms with Crippen LogP contribution in [0.1, 0.15) is 77.6 Å². The van der Waals surface area contributed by atoms with Crippen molar-refractivity contribution >= 4 is 17.9 Å². The second-order valence-electron chi connectivity index (χ2n) is 10.2. The molecule has 0 saturated heterocycles. The maximum atomic E-state index is 14.0. The molecule has 2 N–H and O–H groups in total. The number of amides is 3. The van der Waals surface area contributed by atoms with Gasteiger partial charge in [-0.2, -0.15) is 0 Å². The van der Waals surface area contributed by atoms with Gasteiger partial charge in [0.25, 0.3) is 0 Å². The largest absolute Gasteiger partial charge is 0.444 e. The lowest BCUT2D eigenvalue weighted by Gasteiger charge is -2.36. The topological polar surface area (TPSA) is 87.7 Å². The quantitative estimate of drug-likeness (QED) is 0.477. The number of carbonyl (C=O) groups is 3. The van der Waals surface area contributed by atoms with E-state index in [1.807, 2.05) is 59.7 Å². The van der Waals surface area contributed by atoms with E-state index in [1.165, 1.54) is 4.90 Å². The van der Waals surface area contributed by atoms with Crippen LogP contribution in [0.25, 0.3) is 0 Å². The summed E-state index contributed by atoms with van der Waals surface area (Å²) in [6.45, 7) is 20.7. The Morgan fingerprint density at radius 3 is 2.09 bits per heavy atom. The molecule has 190 valence electrons. The number of nitrogens with zero attached hydrogens (tertiary/aromatic N) is 1. The molecule has 3 atom stereocenters. The molecule has 0 aliphatic heterocycles. The van der Waals surface area contributed by atoms with Gasteiger partial charge in [0.05, 0.1) is 0 Å². The molecule has 0 aliphatic rings. The summed E-state index contributed by atoms with van der Waals surface area (Å²) in [5.41, 5.74) is 1.89. The Morgan fingerprint density at radius 1 is 1.09 bits per heavy atom. The third kappa shape index (κ3) is 8.19. The SMILES string of the molecule is C=CCN(C(=O)C(NC(=O)OC(C)(C)C)C(C)CC)C(C(=O)NC(C)C)c1c(C)cccc1C. The van der Waals surface area contributed by atoms with Crippen LogP contribution in [0.5, 0.6) is 0 Å². The van der Waals surface area contributed by atoms with E-state index < -0.39 is 23.8 Å². The number of aryl methyl sites for hydroxylation is 2. The van der Waals surface area contributed by atoms with Crippen LogP contribution >= 0.6 is 0 Å². The molecule has 1 rings (SSSR count). The summed E-state index contributed by atoms with van der Waals surface area (Å²) < 4.78 is 5.42. The predicted octanol–water partition coefficient (Wildman–Crippen LogP) is 4.82. The first-order chi connectivity index (χ1) is 15.7. The van der Waals surface area contributed by atoms with E-state index >= 15 is 0 Å². The van der Waals surface area contributed by atoms with Crippen molar-refractivity contribution in [3.8, 4) is 0 Å². The van der Waals surface area contributed by atoms with Crippen molar-refractivity contribution in [3.63, 3.8) is 0 Å². The smallest absolute Gasteiger partial charge is 0.408 e. The third-order valence-electron chi connectivity index (χ3n) is 5.57. The molecule has 0 bridgehead atoms. The first kappa shape index (κ1) is 29.2. The number of ether oxygens (including phenoxy) is 1. The molecule has 0 aromatic heterocycles. The number of hydrogen-bond donors (Lipinski definition) is 2. The summed E-state index contributed by atoms with van der Waals surface area (Å²) in [7, 11) is 0. The first-order valence-corrected chi connectivity index (χ1v) is 12.0. The van der Waals surface area contributed by atoms with E-state index in [2.05, 4.69) is 17.2 Å². The van der Waals surface area contributed by atoms with Crippen LogP contribution in [0.2, 0.25) is 0 Å². The maximum absolute atomic E-state index is 14.0. The Hall–Kier alpha value is -2.83. The zero-order valence-electron chi connectivity index (χ0n) is 22.3. The van der Waals surface area contributed by atoms with Crippen molar-refractivity contribution in [1.29, 1.82) is 0 Å². The van der Waals surface area contributed by atoms with Crippen LogP contribution in [0.3, 0.4) is 0 Å². The number of carbonyl (C=O) groups excluding carboxylic acids is 3. The van der Waals surface area contributed by atoms with Gasteiger partial charge in [-0.25, -0.2) is 4.79 Å². The monoisotopic (exact) mass is 473 g/mol.